The van der Waals surface area contributed by atoms with Crippen molar-refractivity contribution >= 4 is 22.5 Å². The van der Waals surface area contributed by atoms with E-state index in [1.54, 1.807) is 35.4 Å². The third-order valence-corrected chi connectivity index (χ3v) is 5.57. The number of carbonyl (C=O) groups is 1. The first-order valence-corrected chi connectivity index (χ1v) is 9.16. The van der Waals surface area contributed by atoms with E-state index in [0.717, 1.165) is 24.2 Å². The lowest BCUT2D eigenvalue weighted by Gasteiger charge is -2.40. The van der Waals surface area contributed by atoms with Crippen molar-refractivity contribution in [3.63, 3.8) is 0 Å². The number of hydrogen-bond donors (Lipinski definition) is 2. The van der Waals surface area contributed by atoms with Crippen molar-refractivity contribution in [1.82, 2.24) is 4.90 Å². The van der Waals surface area contributed by atoms with Gasteiger partial charge < -0.3 is 15.3 Å². The normalized spacial score (nSPS) is 18.8. The van der Waals surface area contributed by atoms with Crippen LogP contribution in [0, 0.1) is 5.41 Å². The summed E-state index contributed by atoms with van der Waals surface area (Å²) in [7, 11) is -1.01. The van der Waals surface area contributed by atoms with Gasteiger partial charge in [-0.2, -0.15) is 0 Å². The van der Waals surface area contributed by atoms with Crippen molar-refractivity contribution in [3.8, 4) is 0 Å². The highest BCUT2D eigenvalue weighted by Gasteiger charge is 2.33. The number of carbonyl (C=O) groups excluding carboxylic acids is 1. The lowest BCUT2D eigenvalue weighted by atomic mass is 9.77. The van der Waals surface area contributed by atoms with Gasteiger partial charge in [0, 0.05) is 47.3 Å². The summed E-state index contributed by atoms with van der Waals surface area (Å²) in [5.74, 6) is 0. The minimum Gasteiger partial charge on any atom is -0.396 e. The van der Waals surface area contributed by atoms with Gasteiger partial charge in [0.1, 0.15) is 0 Å². The number of piperidine rings is 1. The SMILES string of the molecule is CCC1(CO)CCN(C(=O)Nc2ccc(S(C)=O)cc2)CC1. The fourth-order valence-corrected chi connectivity index (χ4v) is 3.26. The van der Waals surface area contributed by atoms with E-state index >= 15 is 0 Å². The van der Waals surface area contributed by atoms with E-state index in [4.69, 9.17) is 0 Å². The van der Waals surface area contributed by atoms with Gasteiger partial charge in [-0.05, 0) is 48.9 Å². The Kier molecular flexibility index (Phi) is 5.58. The topological polar surface area (TPSA) is 69.6 Å². The molecule has 2 amide bonds. The maximum atomic E-state index is 12.3. The molecule has 122 valence electrons. The quantitative estimate of drug-likeness (QED) is 0.894. The van der Waals surface area contributed by atoms with Gasteiger partial charge in [-0.3, -0.25) is 4.21 Å². The second-order valence-electron chi connectivity index (χ2n) is 5.91. The van der Waals surface area contributed by atoms with E-state index in [2.05, 4.69) is 12.2 Å². The molecule has 5 nitrogen and oxygen atoms in total. The summed E-state index contributed by atoms with van der Waals surface area (Å²) in [5.41, 5.74) is 0.678. The molecular weight excluding hydrogens is 300 g/mol. The lowest BCUT2D eigenvalue weighted by molar-refractivity contribution is 0.0542. The van der Waals surface area contributed by atoms with Crippen LogP contribution in [0.5, 0.6) is 0 Å². The van der Waals surface area contributed by atoms with Gasteiger partial charge in [-0.15, -0.1) is 0 Å². The lowest BCUT2D eigenvalue weighted by Crippen LogP contribution is -2.46. The van der Waals surface area contributed by atoms with E-state index < -0.39 is 10.8 Å². The number of amides is 2. The zero-order valence-corrected chi connectivity index (χ0v) is 14.0. The van der Waals surface area contributed by atoms with Crippen molar-refractivity contribution in [2.24, 2.45) is 5.41 Å². The van der Waals surface area contributed by atoms with Gasteiger partial charge in [0.05, 0.1) is 0 Å². The van der Waals surface area contributed by atoms with Crippen molar-refractivity contribution in [1.29, 1.82) is 0 Å². The van der Waals surface area contributed by atoms with Crippen molar-refractivity contribution < 1.29 is 14.1 Å². The fraction of sp³-hybridized carbons (Fsp3) is 0.562. The minimum absolute atomic E-state index is 0.0242. The molecule has 1 aromatic carbocycles. The second kappa shape index (κ2) is 7.24. The van der Waals surface area contributed by atoms with Crippen molar-refractivity contribution in [3.05, 3.63) is 24.3 Å². The molecule has 0 bridgehead atoms. The van der Waals surface area contributed by atoms with Gasteiger partial charge in [0.25, 0.3) is 0 Å². The van der Waals surface area contributed by atoms with Crippen LogP contribution in [0.4, 0.5) is 10.5 Å². The molecule has 2 rings (SSSR count). The third-order valence-electron chi connectivity index (χ3n) is 4.63. The van der Waals surface area contributed by atoms with Crippen LogP contribution in [-0.4, -0.2) is 46.2 Å². The van der Waals surface area contributed by atoms with Gasteiger partial charge in [-0.25, -0.2) is 4.79 Å². The number of benzene rings is 1. The van der Waals surface area contributed by atoms with Crippen LogP contribution in [0.3, 0.4) is 0 Å². The molecule has 0 radical (unpaired) electrons. The maximum Gasteiger partial charge on any atom is 0.321 e. The summed E-state index contributed by atoms with van der Waals surface area (Å²) in [6, 6.07) is 6.93. The molecular formula is C16H24N2O3S. The molecule has 1 heterocycles. The highest BCUT2D eigenvalue weighted by atomic mass is 32.2. The Morgan fingerprint density at radius 1 is 1.32 bits per heavy atom. The van der Waals surface area contributed by atoms with Crippen LogP contribution >= 0.6 is 0 Å². The Hall–Kier alpha value is -1.40. The Morgan fingerprint density at radius 2 is 1.91 bits per heavy atom. The number of urea groups is 1. The van der Waals surface area contributed by atoms with Crippen LogP contribution in [0.1, 0.15) is 26.2 Å². The van der Waals surface area contributed by atoms with Crippen molar-refractivity contribution in [2.45, 2.75) is 31.1 Å². The monoisotopic (exact) mass is 324 g/mol. The molecule has 0 spiro atoms. The third kappa shape index (κ3) is 3.87. The maximum absolute atomic E-state index is 12.3. The number of rotatable bonds is 4. The average Bonchev–Trinajstić information content (AvgIpc) is 2.55. The number of hydrogen-bond acceptors (Lipinski definition) is 3. The summed E-state index contributed by atoms with van der Waals surface area (Å²) in [4.78, 5) is 14.8. The standard InChI is InChI=1S/C16H24N2O3S/c1-3-16(12-19)8-10-18(11-9-16)15(20)17-13-4-6-14(7-5-13)22(2)21/h4-7,19H,3,8-12H2,1-2H3,(H,17,20). The predicted molar refractivity (Wildman–Crippen MR) is 88.4 cm³/mol. The number of likely N-dealkylation sites (tertiary alicyclic amines) is 1. The van der Waals surface area contributed by atoms with Gasteiger partial charge >= 0.3 is 6.03 Å². The predicted octanol–water partition coefficient (Wildman–Crippen LogP) is 2.44. The van der Waals surface area contributed by atoms with Gasteiger partial charge in [-0.1, -0.05) is 6.92 Å². The molecule has 0 aliphatic carbocycles. The summed E-state index contributed by atoms with van der Waals surface area (Å²) in [5, 5.41) is 12.4. The highest BCUT2D eigenvalue weighted by molar-refractivity contribution is 7.84. The first kappa shape index (κ1) is 17.0. The molecule has 1 fully saturated rings. The Labute approximate surface area is 134 Å². The minimum atomic E-state index is -1.01. The first-order chi connectivity index (χ1) is 10.5. The van der Waals surface area contributed by atoms with Crippen LogP contribution in [0.25, 0.3) is 0 Å². The zero-order chi connectivity index (χ0) is 16.2. The smallest absolute Gasteiger partial charge is 0.321 e. The highest BCUT2D eigenvalue weighted by Crippen LogP contribution is 2.34. The fourth-order valence-electron chi connectivity index (χ4n) is 2.74. The average molecular weight is 324 g/mol. The molecule has 1 atom stereocenters. The van der Waals surface area contributed by atoms with Gasteiger partial charge in [0.2, 0.25) is 0 Å². The molecule has 1 aliphatic rings. The van der Waals surface area contributed by atoms with Crippen LogP contribution in [0.15, 0.2) is 29.2 Å². The molecule has 1 aromatic rings. The molecule has 1 aliphatic heterocycles. The number of anilines is 1. The molecule has 2 N–H and O–H groups in total. The van der Waals surface area contributed by atoms with E-state index in [0.29, 0.717) is 18.8 Å². The Balaban J connectivity index is 1.92. The second-order valence-corrected chi connectivity index (χ2v) is 7.29. The molecule has 6 heteroatoms. The molecule has 1 saturated heterocycles. The molecule has 1 unspecified atom stereocenters. The van der Waals surface area contributed by atoms with E-state index in [1.807, 2.05) is 0 Å². The van der Waals surface area contributed by atoms with E-state index in [-0.39, 0.29) is 18.1 Å². The largest absolute Gasteiger partial charge is 0.396 e. The van der Waals surface area contributed by atoms with E-state index in [9.17, 15) is 14.1 Å². The number of nitrogens with one attached hydrogen (secondary N) is 1. The summed E-state index contributed by atoms with van der Waals surface area (Å²) in [6.45, 7) is 3.61. The van der Waals surface area contributed by atoms with Crippen LogP contribution < -0.4 is 5.32 Å². The zero-order valence-electron chi connectivity index (χ0n) is 13.2. The molecule has 0 saturated carbocycles. The van der Waals surface area contributed by atoms with Crippen LogP contribution in [0.2, 0.25) is 0 Å². The Morgan fingerprint density at radius 3 is 2.36 bits per heavy atom. The first-order valence-electron chi connectivity index (χ1n) is 7.60. The molecule has 0 aromatic heterocycles. The summed E-state index contributed by atoms with van der Waals surface area (Å²) >= 11 is 0. The summed E-state index contributed by atoms with van der Waals surface area (Å²) < 4.78 is 11.3. The van der Waals surface area contributed by atoms with Gasteiger partial charge in [0.15, 0.2) is 0 Å². The van der Waals surface area contributed by atoms with Crippen LogP contribution in [-0.2, 0) is 10.8 Å². The van der Waals surface area contributed by atoms with E-state index in [1.165, 1.54) is 0 Å². The number of aliphatic hydroxyl groups is 1. The Bertz CT molecular complexity index is 531. The van der Waals surface area contributed by atoms with Crippen molar-refractivity contribution in [2.75, 3.05) is 31.3 Å². The number of aliphatic hydroxyl groups excluding tert-OH is 1. The summed E-state index contributed by atoms with van der Waals surface area (Å²) in [6.07, 6.45) is 4.24. The molecule has 22 heavy (non-hydrogen) atoms. The number of nitrogens with zero attached hydrogens (tertiary/aromatic N) is 1.